The summed E-state index contributed by atoms with van der Waals surface area (Å²) in [6, 6.07) is 7.35. The van der Waals surface area contributed by atoms with Crippen LogP contribution in [-0.4, -0.2) is 55.2 Å². The van der Waals surface area contributed by atoms with Crippen LogP contribution in [0.1, 0.15) is 35.0 Å². The van der Waals surface area contributed by atoms with E-state index in [1.807, 2.05) is 0 Å². The van der Waals surface area contributed by atoms with Gasteiger partial charge in [0.15, 0.2) is 11.5 Å². The van der Waals surface area contributed by atoms with Crippen LogP contribution in [0.15, 0.2) is 52.3 Å². The highest BCUT2D eigenvalue weighted by molar-refractivity contribution is 6.15. The van der Waals surface area contributed by atoms with Crippen LogP contribution in [0.5, 0.6) is 11.5 Å². The number of carbonyl (C=O) groups excluding carboxylic acids is 2. The maximum atomic E-state index is 13.2. The number of ether oxygens (including phenoxy) is 3. The van der Waals surface area contributed by atoms with Crippen LogP contribution in [0.4, 0.5) is 0 Å². The molecule has 2 aliphatic rings. The zero-order valence-electron chi connectivity index (χ0n) is 16.8. The van der Waals surface area contributed by atoms with Gasteiger partial charge in [-0.2, -0.15) is 0 Å². The minimum atomic E-state index is -0.847. The Hall–Kier alpha value is -3.26. The SMILES string of the molecule is COc1ccc([C@H]2C(C(=O)c3ccco3)=C(O)C(=O)N2C[C@H]2CCCO2)c(OC)c1. The lowest BCUT2D eigenvalue weighted by Gasteiger charge is -2.29. The van der Waals surface area contributed by atoms with E-state index < -0.39 is 23.5 Å². The second-order valence-corrected chi connectivity index (χ2v) is 7.17. The number of aliphatic hydroxyl groups is 1. The minimum absolute atomic E-state index is 0.0424. The van der Waals surface area contributed by atoms with Crippen molar-refractivity contribution < 1.29 is 33.3 Å². The third-order valence-electron chi connectivity index (χ3n) is 5.45. The second-order valence-electron chi connectivity index (χ2n) is 7.17. The minimum Gasteiger partial charge on any atom is -0.503 e. The number of furan rings is 1. The van der Waals surface area contributed by atoms with Crippen molar-refractivity contribution >= 4 is 11.7 Å². The van der Waals surface area contributed by atoms with E-state index in [0.717, 1.165) is 12.8 Å². The average molecular weight is 413 g/mol. The third-order valence-corrected chi connectivity index (χ3v) is 5.45. The van der Waals surface area contributed by atoms with Crippen LogP contribution in [0.3, 0.4) is 0 Å². The summed E-state index contributed by atoms with van der Waals surface area (Å²) in [5.41, 5.74) is 0.514. The Labute approximate surface area is 173 Å². The molecule has 2 aromatic rings. The normalized spacial score (nSPS) is 21.4. The van der Waals surface area contributed by atoms with Crippen LogP contribution < -0.4 is 9.47 Å². The molecule has 30 heavy (non-hydrogen) atoms. The Morgan fingerprint density at radius 2 is 2.10 bits per heavy atom. The molecule has 2 aliphatic heterocycles. The van der Waals surface area contributed by atoms with Crippen LogP contribution in [0.25, 0.3) is 0 Å². The molecule has 0 radical (unpaired) electrons. The van der Waals surface area contributed by atoms with Gasteiger partial charge < -0.3 is 28.6 Å². The number of hydrogen-bond donors (Lipinski definition) is 1. The number of amides is 1. The van der Waals surface area contributed by atoms with Gasteiger partial charge in [-0.1, -0.05) is 0 Å². The first-order valence-electron chi connectivity index (χ1n) is 9.71. The number of rotatable bonds is 7. The fourth-order valence-corrected chi connectivity index (χ4v) is 3.99. The molecule has 8 heteroatoms. The standard InChI is InChI=1S/C22H23NO7/c1-27-13-7-8-15(17(11-13)28-2)19-18(20(24)16-6-4-10-30-16)21(25)22(26)23(19)12-14-5-3-9-29-14/h4,6-8,10-11,14,19,25H,3,5,9,12H2,1-2H3/t14-,19+/m1/s1. The molecule has 3 heterocycles. The lowest BCUT2D eigenvalue weighted by molar-refractivity contribution is -0.131. The molecule has 1 amide bonds. The Bertz CT molecular complexity index is 973. The van der Waals surface area contributed by atoms with E-state index in [4.69, 9.17) is 18.6 Å². The summed E-state index contributed by atoms with van der Waals surface area (Å²) in [4.78, 5) is 27.6. The molecule has 1 fully saturated rings. The molecule has 2 atom stereocenters. The van der Waals surface area contributed by atoms with Crippen LogP contribution in [-0.2, 0) is 9.53 Å². The lowest BCUT2D eigenvalue weighted by Crippen LogP contribution is -2.37. The molecular weight excluding hydrogens is 390 g/mol. The van der Waals surface area contributed by atoms with Crippen molar-refractivity contribution in [2.45, 2.75) is 25.0 Å². The van der Waals surface area contributed by atoms with Gasteiger partial charge in [-0.25, -0.2) is 0 Å². The molecule has 0 bridgehead atoms. The number of aliphatic hydroxyl groups excluding tert-OH is 1. The van der Waals surface area contributed by atoms with E-state index >= 15 is 0 Å². The number of carbonyl (C=O) groups is 2. The number of benzene rings is 1. The first-order chi connectivity index (χ1) is 14.5. The summed E-state index contributed by atoms with van der Waals surface area (Å²) in [7, 11) is 3.03. The molecule has 0 aliphatic carbocycles. The van der Waals surface area contributed by atoms with Crippen molar-refractivity contribution in [1.82, 2.24) is 4.90 Å². The Kier molecular flexibility index (Phi) is 5.50. The van der Waals surface area contributed by atoms with Gasteiger partial charge in [-0.3, -0.25) is 9.59 Å². The van der Waals surface area contributed by atoms with Crippen molar-refractivity contribution in [2.24, 2.45) is 0 Å². The van der Waals surface area contributed by atoms with Gasteiger partial charge in [0.25, 0.3) is 5.91 Å². The molecule has 1 saturated heterocycles. The summed E-state index contributed by atoms with van der Waals surface area (Å²) in [5.74, 6) is -0.716. The first-order valence-corrected chi connectivity index (χ1v) is 9.71. The Morgan fingerprint density at radius 1 is 1.27 bits per heavy atom. The highest BCUT2D eigenvalue weighted by Gasteiger charge is 2.46. The smallest absolute Gasteiger partial charge is 0.290 e. The number of hydrogen-bond acceptors (Lipinski definition) is 7. The van der Waals surface area contributed by atoms with Crippen LogP contribution >= 0.6 is 0 Å². The van der Waals surface area contributed by atoms with Gasteiger partial charge in [-0.05, 0) is 37.1 Å². The van der Waals surface area contributed by atoms with E-state index in [2.05, 4.69) is 0 Å². The molecule has 1 aromatic carbocycles. The fraction of sp³-hybridized carbons (Fsp3) is 0.364. The summed E-state index contributed by atoms with van der Waals surface area (Å²) in [6.07, 6.45) is 2.92. The fourth-order valence-electron chi connectivity index (χ4n) is 3.99. The van der Waals surface area contributed by atoms with E-state index in [-0.39, 0.29) is 24.0 Å². The Balaban J connectivity index is 1.81. The van der Waals surface area contributed by atoms with Crippen LogP contribution in [0, 0.1) is 0 Å². The van der Waals surface area contributed by atoms with E-state index in [1.54, 1.807) is 24.3 Å². The molecule has 1 N–H and O–H groups in total. The van der Waals surface area contributed by atoms with Crippen molar-refractivity contribution in [3.8, 4) is 11.5 Å². The van der Waals surface area contributed by atoms with Crippen molar-refractivity contribution in [3.63, 3.8) is 0 Å². The monoisotopic (exact) mass is 413 g/mol. The van der Waals surface area contributed by atoms with E-state index in [9.17, 15) is 14.7 Å². The molecule has 158 valence electrons. The second kappa shape index (κ2) is 8.23. The highest BCUT2D eigenvalue weighted by Crippen LogP contribution is 2.43. The van der Waals surface area contributed by atoms with Crippen molar-refractivity contribution in [2.75, 3.05) is 27.4 Å². The van der Waals surface area contributed by atoms with Crippen LogP contribution in [0.2, 0.25) is 0 Å². The van der Waals surface area contributed by atoms with Gasteiger partial charge in [0, 0.05) is 24.8 Å². The number of ketones is 1. The number of methoxy groups -OCH3 is 2. The zero-order valence-corrected chi connectivity index (χ0v) is 16.8. The Morgan fingerprint density at radius 3 is 2.73 bits per heavy atom. The molecule has 1 aromatic heterocycles. The predicted molar refractivity (Wildman–Crippen MR) is 106 cm³/mol. The molecule has 0 saturated carbocycles. The topological polar surface area (TPSA) is 98.4 Å². The highest BCUT2D eigenvalue weighted by atomic mass is 16.5. The summed E-state index contributed by atoms with van der Waals surface area (Å²) < 4.78 is 21.7. The third kappa shape index (κ3) is 3.43. The molecule has 8 nitrogen and oxygen atoms in total. The maximum absolute atomic E-state index is 13.2. The van der Waals surface area contributed by atoms with Crippen molar-refractivity contribution in [3.05, 3.63) is 59.3 Å². The van der Waals surface area contributed by atoms with Gasteiger partial charge in [0.2, 0.25) is 5.78 Å². The van der Waals surface area contributed by atoms with Crippen molar-refractivity contribution in [1.29, 1.82) is 0 Å². The summed E-state index contributed by atoms with van der Waals surface area (Å²) >= 11 is 0. The van der Waals surface area contributed by atoms with Gasteiger partial charge >= 0.3 is 0 Å². The van der Waals surface area contributed by atoms with Gasteiger partial charge in [-0.15, -0.1) is 0 Å². The average Bonchev–Trinajstić information content (AvgIpc) is 3.52. The summed E-state index contributed by atoms with van der Waals surface area (Å²) in [6.45, 7) is 0.874. The molecule has 0 unspecified atom stereocenters. The molecular formula is C22H23NO7. The lowest BCUT2D eigenvalue weighted by atomic mass is 9.94. The van der Waals surface area contributed by atoms with Gasteiger partial charge in [0.05, 0.1) is 38.2 Å². The maximum Gasteiger partial charge on any atom is 0.290 e. The largest absolute Gasteiger partial charge is 0.503 e. The van der Waals surface area contributed by atoms with E-state index in [1.165, 1.54) is 31.4 Å². The number of nitrogens with zero attached hydrogens (tertiary/aromatic N) is 1. The zero-order chi connectivity index (χ0) is 21.3. The molecule has 4 rings (SSSR count). The quantitative estimate of drug-likeness (QED) is 0.697. The predicted octanol–water partition coefficient (Wildman–Crippen LogP) is 3.05. The number of Topliss-reactive ketones (excluding diaryl/α,β-unsaturated/α-hetero) is 1. The molecule has 0 spiro atoms. The first kappa shape index (κ1) is 20.0. The van der Waals surface area contributed by atoms with E-state index in [0.29, 0.717) is 23.7 Å². The van der Waals surface area contributed by atoms with Gasteiger partial charge in [0.1, 0.15) is 11.5 Å². The summed E-state index contributed by atoms with van der Waals surface area (Å²) in [5, 5.41) is 10.7.